The van der Waals surface area contributed by atoms with Gasteiger partial charge in [-0.1, -0.05) is 46.3 Å². The molecule has 0 saturated carbocycles. The molecule has 5 heteroatoms. The van der Waals surface area contributed by atoms with E-state index in [1.54, 1.807) is 18.2 Å². The van der Waals surface area contributed by atoms with Gasteiger partial charge in [0.05, 0.1) is 6.54 Å². The second kappa shape index (κ2) is 6.79. The number of anilines is 1. The molecule has 4 nitrogen and oxygen atoms in total. The Morgan fingerprint density at radius 3 is 2.78 bits per heavy atom. The van der Waals surface area contributed by atoms with Gasteiger partial charge < -0.3 is 5.32 Å². The zero-order valence-corrected chi connectivity index (χ0v) is 14.2. The topological polar surface area (TPSA) is 46.9 Å². The molecule has 3 aromatic rings. The van der Waals surface area contributed by atoms with Gasteiger partial charge >= 0.3 is 0 Å². The van der Waals surface area contributed by atoms with Crippen LogP contribution in [-0.2, 0) is 6.54 Å². The molecule has 3 rings (SSSR count). The van der Waals surface area contributed by atoms with Crippen LogP contribution >= 0.6 is 15.9 Å². The number of hydrogen-bond donors (Lipinski definition) is 1. The third kappa shape index (κ3) is 3.87. The van der Waals surface area contributed by atoms with Gasteiger partial charge in [-0.25, -0.2) is 0 Å². The molecular formula is C18H16BrN3O. The zero-order chi connectivity index (χ0) is 16.2. The predicted molar refractivity (Wildman–Crippen MR) is 94.6 cm³/mol. The second-order valence-electron chi connectivity index (χ2n) is 5.29. The van der Waals surface area contributed by atoms with Crippen molar-refractivity contribution in [3.8, 4) is 0 Å². The van der Waals surface area contributed by atoms with E-state index in [2.05, 4.69) is 45.4 Å². The molecule has 0 bridgehead atoms. The number of carbonyl (C=O) groups excluding carboxylic acids is 1. The second-order valence-corrected chi connectivity index (χ2v) is 6.21. The highest BCUT2D eigenvalue weighted by atomic mass is 79.9. The molecular weight excluding hydrogens is 354 g/mol. The van der Waals surface area contributed by atoms with Gasteiger partial charge in [-0.2, -0.15) is 5.10 Å². The fraction of sp³-hybridized carbons (Fsp3) is 0.111. The average Bonchev–Trinajstić information content (AvgIpc) is 2.97. The van der Waals surface area contributed by atoms with E-state index >= 15 is 0 Å². The van der Waals surface area contributed by atoms with Crippen LogP contribution in [0, 0.1) is 6.92 Å². The van der Waals surface area contributed by atoms with Crippen molar-refractivity contribution in [2.24, 2.45) is 0 Å². The first-order valence-electron chi connectivity index (χ1n) is 7.27. The molecule has 0 radical (unpaired) electrons. The van der Waals surface area contributed by atoms with Crippen LogP contribution in [0.4, 0.5) is 5.82 Å². The summed E-state index contributed by atoms with van der Waals surface area (Å²) in [6, 6.07) is 17.3. The first-order valence-corrected chi connectivity index (χ1v) is 8.06. The molecule has 0 aliphatic heterocycles. The summed E-state index contributed by atoms with van der Waals surface area (Å²) in [6.07, 6.45) is 1.86. The van der Waals surface area contributed by atoms with Crippen LogP contribution in [0.25, 0.3) is 0 Å². The van der Waals surface area contributed by atoms with Crippen LogP contribution in [0.1, 0.15) is 21.5 Å². The van der Waals surface area contributed by atoms with Crippen LogP contribution in [0.2, 0.25) is 0 Å². The Labute approximate surface area is 143 Å². The summed E-state index contributed by atoms with van der Waals surface area (Å²) in [5.41, 5.74) is 3.02. The Hall–Kier alpha value is -2.40. The van der Waals surface area contributed by atoms with Gasteiger partial charge in [0, 0.05) is 22.3 Å². The van der Waals surface area contributed by atoms with Gasteiger partial charge in [-0.05, 0) is 36.2 Å². The average molecular weight is 370 g/mol. The number of aryl methyl sites for hydroxylation is 1. The van der Waals surface area contributed by atoms with E-state index in [-0.39, 0.29) is 5.91 Å². The van der Waals surface area contributed by atoms with Gasteiger partial charge in [0.1, 0.15) is 0 Å². The normalized spacial score (nSPS) is 10.5. The zero-order valence-electron chi connectivity index (χ0n) is 12.7. The molecule has 2 aromatic carbocycles. The lowest BCUT2D eigenvalue weighted by Crippen LogP contribution is -2.13. The van der Waals surface area contributed by atoms with Crippen molar-refractivity contribution >= 4 is 27.7 Å². The van der Waals surface area contributed by atoms with E-state index in [0.29, 0.717) is 17.9 Å². The van der Waals surface area contributed by atoms with Gasteiger partial charge in [0.25, 0.3) is 5.91 Å². The monoisotopic (exact) mass is 369 g/mol. The van der Waals surface area contributed by atoms with Crippen LogP contribution in [0.3, 0.4) is 0 Å². The summed E-state index contributed by atoms with van der Waals surface area (Å²) in [7, 11) is 0. The van der Waals surface area contributed by atoms with E-state index in [0.717, 1.165) is 4.47 Å². The fourth-order valence-corrected chi connectivity index (χ4v) is 2.70. The molecule has 23 heavy (non-hydrogen) atoms. The highest BCUT2D eigenvalue weighted by Crippen LogP contribution is 2.14. The Bertz CT molecular complexity index is 842. The minimum absolute atomic E-state index is 0.174. The van der Waals surface area contributed by atoms with Crippen molar-refractivity contribution in [1.82, 2.24) is 9.78 Å². The fourth-order valence-electron chi connectivity index (χ4n) is 2.30. The van der Waals surface area contributed by atoms with Crippen LogP contribution in [0.5, 0.6) is 0 Å². The van der Waals surface area contributed by atoms with Crippen molar-refractivity contribution in [3.05, 3.63) is 82.0 Å². The number of aromatic nitrogens is 2. The minimum Gasteiger partial charge on any atom is -0.305 e. The molecule has 1 aromatic heterocycles. The maximum atomic E-state index is 12.2. The van der Waals surface area contributed by atoms with Gasteiger partial charge in [0.15, 0.2) is 5.82 Å². The lowest BCUT2D eigenvalue weighted by molar-refractivity contribution is 0.102. The predicted octanol–water partition coefficient (Wildman–Crippen LogP) is 4.25. The molecule has 0 unspecified atom stereocenters. The third-order valence-electron chi connectivity index (χ3n) is 3.56. The third-order valence-corrected chi connectivity index (χ3v) is 4.06. The summed E-state index contributed by atoms with van der Waals surface area (Å²) in [5.74, 6) is 0.371. The van der Waals surface area contributed by atoms with E-state index in [1.165, 1.54) is 11.1 Å². The maximum Gasteiger partial charge on any atom is 0.256 e. The molecule has 0 atom stereocenters. The highest BCUT2D eigenvalue weighted by molar-refractivity contribution is 9.10. The van der Waals surface area contributed by atoms with Crippen LogP contribution < -0.4 is 5.32 Å². The number of halogens is 1. The smallest absolute Gasteiger partial charge is 0.256 e. The Morgan fingerprint density at radius 1 is 1.17 bits per heavy atom. The molecule has 1 amide bonds. The van der Waals surface area contributed by atoms with E-state index in [1.807, 2.05) is 35.1 Å². The number of amides is 1. The van der Waals surface area contributed by atoms with Crippen molar-refractivity contribution in [2.75, 3.05) is 5.32 Å². The van der Waals surface area contributed by atoms with Crippen molar-refractivity contribution in [1.29, 1.82) is 0 Å². The molecule has 0 saturated heterocycles. The van der Waals surface area contributed by atoms with Crippen LogP contribution in [0.15, 0.2) is 65.3 Å². The molecule has 0 aliphatic carbocycles. The van der Waals surface area contributed by atoms with Crippen molar-refractivity contribution in [2.45, 2.75) is 13.5 Å². The van der Waals surface area contributed by atoms with E-state index in [9.17, 15) is 4.79 Å². The summed E-state index contributed by atoms with van der Waals surface area (Å²) < 4.78 is 2.69. The van der Waals surface area contributed by atoms with Gasteiger partial charge in [-0.3, -0.25) is 9.48 Å². The molecule has 0 spiro atoms. The van der Waals surface area contributed by atoms with Crippen molar-refractivity contribution in [3.63, 3.8) is 0 Å². The van der Waals surface area contributed by atoms with E-state index in [4.69, 9.17) is 0 Å². The number of carbonyl (C=O) groups is 1. The summed E-state index contributed by atoms with van der Waals surface area (Å²) >= 11 is 3.36. The lowest BCUT2D eigenvalue weighted by Gasteiger charge is -2.06. The summed E-state index contributed by atoms with van der Waals surface area (Å²) in [6.45, 7) is 2.76. The van der Waals surface area contributed by atoms with Crippen molar-refractivity contribution < 1.29 is 4.79 Å². The number of nitrogens with zero attached hydrogens (tertiary/aromatic N) is 2. The number of rotatable bonds is 4. The summed E-state index contributed by atoms with van der Waals surface area (Å²) in [5, 5.41) is 7.22. The highest BCUT2D eigenvalue weighted by Gasteiger charge is 2.08. The van der Waals surface area contributed by atoms with Gasteiger partial charge in [0.2, 0.25) is 0 Å². The molecule has 116 valence electrons. The SMILES string of the molecule is Cc1ccccc1Cn1ccc(NC(=O)c2cccc(Br)c2)n1. The number of benzene rings is 2. The quantitative estimate of drug-likeness (QED) is 0.746. The molecule has 1 heterocycles. The van der Waals surface area contributed by atoms with Gasteiger partial charge in [-0.15, -0.1) is 0 Å². The lowest BCUT2D eigenvalue weighted by atomic mass is 10.1. The Morgan fingerprint density at radius 2 is 2.00 bits per heavy atom. The maximum absolute atomic E-state index is 12.2. The molecule has 1 N–H and O–H groups in total. The standard InChI is InChI=1S/C18H16BrN3O/c1-13-5-2-3-6-15(13)12-22-10-9-17(21-22)20-18(23)14-7-4-8-16(19)11-14/h2-11H,12H2,1H3,(H,20,21,23). The largest absolute Gasteiger partial charge is 0.305 e. The molecule has 0 fully saturated rings. The minimum atomic E-state index is -0.174. The van der Waals surface area contributed by atoms with E-state index < -0.39 is 0 Å². The molecule has 0 aliphatic rings. The summed E-state index contributed by atoms with van der Waals surface area (Å²) in [4.78, 5) is 12.2. The first-order chi connectivity index (χ1) is 11.1. The number of nitrogens with one attached hydrogen (secondary N) is 1. The van der Waals surface area contributed by atoms with Crippen LogP contribution in [-0.4, -0.2) is 15.7 Å². The number of hydrogen-bond acceptors (Lipinski definition) is 2. The Kier molecular flexibility index (Phi) is 4.57. The first kappa shape index (κ1) is 15.5. The Balaban J connectivity index is 1.70.